The van der Waals surface area contributed by atoms with Crippen molar-refractivity contribution >= 4 is 57.3 Å². The first-order valence-corrected chi connectivity index (χ1v) is 15.8. The molecule has 3 aromatic carbocycles. The molecule has 1 atom stereocenters. The molecule has 0 bridgehead atoms. The number of thioether (sulfide) groups is 1. The van der Waals surface area contributed by atoms with Crippen molar-refractivity contribution in [2.75, 3.05) is 24.7 Å². The van der Waals surface area contributed by atoms with Gasteiger partial charge in [-0.15, -0.1) is 10.2 Å². The molecule has 1 amide bonds. The Morgan fingerprint density at radius 3 is 2.70 bits per heavy atom. The van der Waals surface area contributed by atoms with Gasteiger partial charge in [-0.1, -0.05) is 72.0 Å². The molecule has 0 spiro atoms. The Bertz CT molecular complexity index is 1730. The summed E-state index contributed by atoms with van der Waals surface area (Å²) in [6.07, 6.45) is 0.812. The van der Waals surface area contributed by atoms with Crippen LogP contribution in [0.2, 0.25) is 5.02 Å². The smallest absolute Gasteiger partial charge is 0.301 e. The number of benzene rings is 3. The van der Waals surface area contributed by atoms with E-state index < -0.39 is 17.7 Å². The van der Waals surface area contributed by atoms with Crippen LogP contribution in [-0.2, 0) is 15.3 Å². The summed E-state index contributed by atoms with van der Waals surface area (Å²) in [5.41, 5.74) is 1.76. The van der Waals surface area contributed by atoms with Crippen molar-refractivity contribution in [1.29, 1.82) is 0 Å². The maximum Gasteiger partial charge on any atom is 0.301 e. The minimum atomic E-state index is -0.979. The van der Waals surface area contributed by atoms with Gasteiger partial charge in [0.05, 0.1) is 18.2 Å². The summed E-state index contributed by atoms with van der Waals surface area (Å²) in [4.78, 5) is 28.6. The number of aliphatic hydroxyl groups excluding tert-OH is 1. The standard InChI is InChI=1S/C31H26ClN3O6S2/c1-2-12-39-21-8-5-7-18(15-21)26-25(27(36)19-10-11-23-24(16-19)41-14-13-40-23)28(37)29(38)35(26)30-33-34-31(43-30)42-17-20-6-3-4-9-22(20)32/h3-11,15-16,26,36H,2,12-14,17H2,1H3/b27-25+/t26-/m0/s1. The summed E-state index contributed by atoms with van der Waals surface area (Å²) >= 11 is 8.92. The van der Waals surface area contributed by atoms with E-state index in [1.807, 2.05) is 31.2 Å². The Kier molecular flexibility index (Phi) is 8.55. The maximum absolute atomic E-state index is 13.6. The summed E-state index contributed by atoms with van der Waals surface area (Å²) in [6, 6.07) is 18.6. The first-order valence-electron chi connectivity index (χ1n) is 13.6. The number of halogens is 1. The third-order valence-corrected chi connectivity index (χ3v) is 9.29. The molecule has 1 N–H and O–H groups in total. The van der Waals surface area contributed by atoms with Crippen molar-refractivity contribution in [3.63, 3.8) is 0 Å². The van der Waals surface area contributed by atoms with Gasteiger partial charge >= 0.3 is 5.91 Å². The van der Waals surface area contributed by atoms with Gasteiger partial charge in [-0.3, -0.25) is 14.5 Å². The molecule has 0 saturated carbocycles. The maximum atomic E-state index is 13.6. The van der Waals surface area contributed by atoms with Gasteiger partial charge in [0.15, 0.2) is 15.8 Å². The van der Waals surface area contributed by atoms with E-state index in [1.54, 1.807) is 42.5 Å². The van der Waals surface area contributed by atoms with E-state index in [4.69, 9.17) is 25.8 Å². The molecule has 220 valence electrons. The Morgan fingerprint density at radius 1 is 1.07 bits per heavy atom. The van der Waals surface area contributed by atoms with E-state index in [1.165, 1.54) is 28.0 Å². The van der Waals surface area contributed by atoms with Crippen molar-refractivity contribution in [2.45, 2.75) is 29.5 Å². The molecule has 0 unspecified atom stereocenters. The zero-order chi connectivity index (χ0) is 29.9. The van der Waals surface area contributed by atoms with Gasteiger partial charge in [0.2, 0.25) is 5.13 Å². The van der Waals surface area contributed by atoms with Gasteiger partial charge in [0.1, 0.15) is 24.7 Å². The van der Waals surface area contributed by atoms with Crippen LogP contribution in [0, 0.1) is 0 Å². The number of ketones is 1. The van der Waals surface area contributed by atoms with Gasteiger partial charge in [0, 0.05) is 16.3 Å². The second-order valence-electron chi connectivity index (χ2n) is 9.68. The average molecular weight is 636 g/mol. The molecule has 0 radical (unpaired) electrons. The number of fused-ring (bicyclic) bond motifs is 1. The number of hydrogen-bond acceptors (Lipinski definition) is 10. The molecule has 43 heavy (non-hydrogen) atoms. The lowest BCUT2D eigenvalue weighted by Crippen LogP contribution is -2.29. The lowest BCUT2D eigenvalue weighted by atomic mass is 9.95. The number of hydrogen-bond donors (Lipinski definition) is 1. The molecule has 1 saturated heterocycles. The number of nitrogens with zero attached hydrogens (tertiary/aromatic N) is 3. The van der Waals surface area contributed by atoms with Gasteiger partial charge in [-0.2, -0.15) is 0 Å². The average Bonchev–Trinajstić information content (AvgIpc) is 3.60. The zero-order valence-corrected chi connectivity index (χ0v) is 25.4. The molecule has 2 aliphatic heterocycles. The Hall–Kier alpha value is -4.06. The molecule has 6 rings (SSSR count). The predicted octanol–water partition coefficient (Wildman–Crippen LogP) is 6.67. The summed E-state index contributed by atoms with van der Waals surface area (Å²) in [6.45, 7) is 3.28. The largest absolute Gasteiger partial charge is 0.507 e. The van der Waals surface area contributed by atoms with E-state index >= 15 is 0 Å². The number of amides is 1. The van der Waals surface area contributed by atoms with Gasteiger partial charge in [-0.05, 0) is 53.9 Å². The second-order valence-corrected chi connectivity index (χ2v) is 12.3. The summed E-state index contributed by atoms with van der Waals surface area (Å²) in [7, 11) is 0. The molecular weight excluding hydrogens is 610 g/mol. The molecule has 9 nitrogen and oxygen atoms in total. The van der Waals surface area contributed by atoms with Crippen LogP contribution in [0.3, 0.4) is 0 Å². The molecule has 0 aliphatic carbocycles. The Balaban J connectivity index is 1.40. The second kappa shape index (κ2) is 12.7. The van der Waals surface area contributed by atoms with E-state index in [9.17, 15) is 14.7 Å². The molecule has 12 heteroatoms. The van der Waals surface area contributed by atoms with Crippen LogP contribution in [-0.4, -0.2) is 46.8 Å². The third kappa shape index (κ3) is 5.93. The zero-order valence-electron chi connectivity index (χ0n) is 23.0. The first-order chi connectivity index (χ1) is 20.9. The SMILES string of the molecule is CCCOc1cccc([C@H]2/C(=C(\O)c3ccc4c(c3)OCCO4)C(=O)C(=O)N2c2nnc(SCc3ccccc3Cl)s2)c1. The highest BCUT2D eigenvalue weighted by Crippen LogP contribution is 2.45. The molecular formula is C31H26ClN3O6S2. The number of Topliss-reactive ketones (excluding diaryl/α,β-unsaturated/α-hetero) is 1. The van der Waals surface area contributed by atoms with Crippen molar-refractivity contribution in [1.82, 2.24) is 10.2 Å². The van der Waals surface area contributed by atoms with Crippen LogP contribution in [0.5, 0.6) is 17.2 Å². The number of carbonyl (C=O) groups excluding carboxylic acids is 2. The normalized spacial score (nSPS) is 17.3. The molecule has 1 aromatic heterocycles. The fraction of sp³-hybridized carbons (Fsp3) is 0.226. The minimum absolute atomic E-state index is 0.0743. The highest BCUT2D eigenvalue weighted by atomic mass is 35.5. The van der Waals surface area contributed by atoms with Crippen molar-refractivity contribution in [2.24, 2.45) is 0 Å². The number of aromatic nitrogens is 2. The van der Waals surface area contributed by atoms with Gasteiger partial charge < -0.3 is 19.3 Å². The topological polar surface area (TPSA) is 111 Å². The third-order valence-electron chi connectivity index (χ3n) is 6.82. The van der Waals surface area contributed by atoms with E-state index in [-0.39, 0.29) is 16.5 Å². The summed E-state index contributed by atoms with van der Waals surface area (Å²) in [5, 5.41) is 21.0. The van der Waals surface area contributed by atoms with Crippen LogP contribution >= 0.6 is 34.7 Å². The number of aliphatic hydroxyl groups is 1. The van der Waals surface area contributed by atoms with E-state index in [0.717, 1.165) is 12.0 Å². The lowest BCUT2D eigenvalue weighted by molar-refractivity contribution is -0.132. The van der Waals surface area contributed by atoms with Crippen LogP contribution in [0.4, 0.5) is 5.13 Å². The van der Waals surface area contributed by atoms with Crippen LogP contribution in [0.15, 0.2) is 76.6 Å². The van der Waals surface area contributed by atoms with E-state index in [2.05, 4.69) is 10.2 Å². The molecule has 4 aromatic rings. The number of carbonyl (C=O) groups is 2. The lowest BCUT2D eigenvalue weighted by Gasteiger charge is -2.23. The van der Waals surface area contributed by atoms with Gasteiger partial charge in [-0.25, -0.2) is 0 Å². The van der Waals surface area contributed by atoms with Crippen LogP contribution in [0.1, 0.15) is 36.1 Å². The minimum Gasteiger partial charge on any atom is -0.507 e. The fourth-order valence-corrected chi connectivity index (χ4v) is 6.95. The number of ether oxygens (including phenoxy) is 3. The number of anilines is 1. The van der Waals surface area contributed by atoms with Crippen molar-refractivity contribution < 1.29 is 28.9 Å². The Labute approximate surface area is 261 Å². The predicted molar refractivity (Wildman–Crippen MR) is 165 cm³/mol. The van der Waals surface area contributed by atoms with Crippen LogP contribution < -0.4 is 19.1 Å². The van der Waals surface area contributed by atoms with Crippen molar-refractivity contribution in [3.8, 4) is 17.2 Å². The number of rotatable bonds is 9. The quantitative estimate of drug-likeness (QED) is 0.0708. The summed E-state index contributed by atoms with van der Waals surface area (Å²) in [5.74, 6) is 0.132. The molecule has 1 fully saturated rings. The Morgan fingerprint density at radius 2 is 1.88 bits per heavy atom. The highest BCUT2D eigenvalue weighted by Gasteiger charge is 2.48. The summed E-state index contributed by atoms with van der Waals surface area (Å²) < 4.78 is 17.7. The highest BCUT2D eigenvalue weighted by molar-refractivity contribution is 8.00. The van der Waals surface area contributed by atoms with Gasteiger partial charge in [0.25, 0.3) is 5.78 Å². The van der Waals surface area contributed by atoms with Crippen LogP contribution in [0.25, 0.3) is 5.76 Å². The van der Waals surface area contributed by atoms with Crippen molar-refractivity contribution in [3.05, 3.63) is 94.0 Å². The first kappa shape index (κ1) is 29.0. The fourth-order valence-electron chi connectivity index (χ4n) is 4.80. The molecule has 3 heterocycles. The monoisotopic (exact) mass is 635 g/mol. The molecule has 2 aliphatic rings. The van der Waals surface area contributed by atoms with E-state index in [0.29, 0.717) is 63.3 Å².